The van der Waals surface area contributed by atoms with Crippen molar-refractivity contribution >= 4 is 19.7 Å². The molecular formula is C7H6ClF2NO3S. The number of halogens is 3. The van der Waals surface area contributed by atoms with Gasteiger partial charge >= 0.3 is 0 Å². The van der Waals surface area contributed by atoms with Gasteiger partial charge < -0.3 is 4.74 Å². The van der Waals surface area contributed by atoms with E-state index in [1.165, 1.54) is 7.11 Å². The van der Waals surface area contributed by atoms with E-state index < -0.39 is 26.1 Å². The standard InChI is InChI=1S/C7H6ClF2NO3S/c1-14-5-2-4(7(9)10)3-6(11-5)15(8,12)13/h2-3,7H,1H3. The van der Waals surface area contributed by atoms with Gasteiger partial charge in [0, 0.05) is 22.3 Å². The topological polar surface area (TPSA) is 56.3 Å². The van der Waals surface area contributed by atoms with Crippen molar-refractivity contribution in [3.05, 3.63) is 17.7 Å². The molecule has 4 nitrogen and oxygen atoms in total. The number of aromatic nitrogens is 1. The fourth-order valence-electron chi connectivity index (χ4n) is 0.855. The Bertz CT molecular complexity index is 463. The van der Waals surface area contributed by atoms with Crippen LogP contribution >= 0.6 is 10.7 Å². The van der Waals surface area contributed by atoms with E-state index in [2.05, 4.69) is 9.72 Å². The van der Waals surface area contributed by atoms with Crippen LogP contribution in [0.2, 0.25) is 0 Å². The monoisotopic (exact) mass is 257 g/mol. The van der Waals surface area contributed by atoms with Crippen molar-refractivity contribution in [1.82, 2.24) is 4.98 Å². The molecule has 0 radical (unpaired) electrons. The van der Waals surface area contributed by atoms with Gasteiger partial charge in [-0.2, -0.15) is 0 Å². The van der Waals surface area contributed by atoms with Crippen LogP contribution in [-0.2, 0) is 9.05 Å². The largest absolute Gasteiger partial charge is 0.481 e. The van der Waals surface area contributed by atoms with Gasteiger partial charge in [0.1, 0.15) is 0 Å². The van der Waals surface area contributed by atoms with Gasteiger partial charge in [-0.3, -0.25) is 0 Å². The van der Waals surface area contributed by atoms with Gasteiger partial charge in [-0.1, -0.05) is 0 Å². The molecule has 0 aliphatic heterocycles. The third kappa shape index (κ3) is 3.00. The van der Waals surface area contributed by atoms with Crippen LogP contribution in [0.15, 0.2) is 17.2 Å². The first kappa shape index (κ1) is 12.1. The average Bonchev–Trinajstić information content (AvgIpc) is 2.15. The smallest absolute Gasteiger partial charge is 0.278 e. The van der Waals surface area contributed by atoms with Crippen LogP contribution in [0.25, 0.3) is 0 Å². The van der Waals surface area contributed by atoms with Gasteiger partial charge in [0.2, 0.25) is 5.88 Å². The lowest BCUT2D eigenvalue weighted by Gasteiger charge is -2.05. The van der Waals surface area contributed by atoms with Crippen molar-refractivity contribution in [3.63, 3.8) is 0 Å². The van der Waals surface area contributed by atoms with Gasteiger partial charge in [-0.05, 0) is 6.07 Å². The maximum Gasteiger partial charge on any atom is 0.278 e. The van der Waals surface area contributed by atoms with Crippen molar-refractivity contribution in [2.75, 3.05) is 7.11 Å². The number of hydrogen-bond donors (Lipinski definition) is 0. The Morgan fingerprint density at radius 1 is 1.47 bits per heavy atom. The first-order valence-electron chi connectivity index (χ1n) is 3.63. The van der Waals surface area contributed by atoms with Crippen molar-refractivity contribution in [2.45, 2.75) is 11.5 Å². The van der Waals surface area contributed by atoms with Crippen molar-refractivity contribution in [2.24, 2.45) is 0 Å². The lowest BCUT2D eigenvalue weighted by molar-refractivity contribution is 0.150. The number of alkyl halides is 2. The Labute approximate surface area is 89.3 Å². The van der Waals surface area contributed by atoms with Crippen molar-refractivity contribution in [3.8, 4) is 5.88 Å². The molecule has 0 amide bonds. The molecule has 0 aromatic carbocycles. The molecule has 0 aliphatic rings. The van der Waals surface area contributed by atoms with Crippen LogP contribution in [0.4, 0.5) is 8.78 Å². The van der Waals surface area contributed by atoms with E-state index in [9.17, 15) is 17.2 Å². The normalized spacial score (nSPS) is 11.8. The van der Waals surface area contributed by atoms with Crippen molar-refractivity contribution in [1.29, 1.82) is 0 Å². The third-order valence-electron chi connectivity index (χ3n) is 1.51. The lowest BCUT2D eigenvalue weighted by atomic mass is 10.3. The molecule has 0 saturated carbocycles. The van der Waals surface area contributed by atoms with E-state index in [0.29, 0.717) is 6.07 Å². The van der Waals surface area contributed by atoms with Gasteiger partial charge in [-0.25, -0.2) is 22.2 Å². The highest BCUT2D eigenvalue weighted by molar-refractivity contribution is 8.13. The number of pyridine rings is 1. The highest BCUT2D eigenvalue weighted by Gasteiger charge is 2.18. The fraction of sp³-hybridized carbons (Fsp3) is 0.286. The zero-order chi connectivity index (χ0) is 11.6. The second-order valence-corrected chi connectivity index (χ2v) is 5.03. The third-order valence-corrected chi connectivity index (χ3v) is 2.69. The van der Waals surface area contributed by atoms with E-state index in [1.807, 2.05) is 0 Å². The molecule has 1 rings (SSSR count). The SMILES string of the molecule is COc1cc(C(F)F)cc(S(=O)(=O)Cl)n1. The van der Waals surface area contributed by atoms with E-state index in [1.54, 1.807) is 0 Å². The fourth-order valence-corrected chi connectivity index (χ4v) is 1.57. The molecule has 1 aromatic rings. The Kier molecular flexibility index (Phi) is 3.46. The van der Waals surface area contributed by atoms with E-state index >= 15 is 0 Å². The zero-order valence-corrected chi connectivity index (χ0v) is 9.02. The number of rotatable bonds is 3. The molecule has 0 bridgehead atoms. The summed E-state index contributed by atoms with van der Waals surface area (Å²) < 4.78 is 51.0. The first-order valence-corrected chi connectivity index (χ1v) is 5.94. The predicted molar refractivity (Wildman–Crippen MR) is 48.8 cm³/mol. The van der Waals surface area contributed by atoms with Gasteiger partial charge in [0.05, 0.1) is 7.11 Å². The maximum absolute atomic E-state index is 12.3. The van der Waals surface area contributed by atoms with Gasteiger partial charge in [-0.15, -0.1) is 0 Å². The second kappa shape index (κ2) is 4.28. The summed E-state index contributed by atoms with van der Waals surface area (Å²) in [6.07, 6.45) is -2.82. The highest BCUT2D eigenvalue weighted by Crippen LogP contribution is 2.25. The number of nitrogens with zero attached hydrogens (tertiary/aromatic N) is 1. The zero-order valence-electron chi connectivity index (χ0n) is 7.45. The summed E-state index contributed by atoms with van der Waals surface area (Å²) in [5, 5.41) is -0.654. The summed E-state index contributed by atoms with van der Waals surface area (Å²) in [7, 11) is 2.01. The summed E-state index contributed by atoms with van der Waals surface area (Å²) in [4.78, 5) is 3.43. The first-order chi connectivity index (χ1) is 6.84. The average molecular weight is 258 g/mol. The predicted octanol–water partition coefficient (Wildman–Crippen LogP) is 1.96. The van der Waals surface area contributed by atoms with Crippen LogP contribution < -0.4 is 4.74 Å². The Balaban J connectivity index is 3.36. The molecule has 0 fully saturated rings. The summed E-state index contributed by atoms with van der Waals surface area (Å²) >= 11 is 0. The van der Waals surface area contributed by atoms with Crippen LogP contribution in [0.1, 0.15) is 12.0 Å². The Hall–Kier alpha value is -0.950. The molecule has 1 heterocycles. The summed E-state index contributed by atoms with van der Waals surface area (Å²) in [5.41, 5.74) is -0.513. The minimum atomic E-state index is -4.14. The Morgan fingerprint density at radius 2 is 2.07 bits per heavy atom. The van der Waals surface area contributed by atoms with Crippen molar-refractivity contribution < 1.29 is 21.9 Å². The summed E-state index contributed by atoms with van der Waals surface area (Å²) in [6, 6.07) is 1.64. The second-order valence-electron chi connectivity index (χ2n) is 2.52. The van der Waals surface area contributed by atoms with Crippen LogP contribution in [0.5, 0.6) is 5.88 Å². The minimum absolute atomic E-state index is 0.230. The van der Waals surface area contributed by atoms with Gasteiger partial charge in [0.15, 0.2) is 5.03 Å². The number of methoxy groups -OCH3 is 1. The molecule has 1 aromatic heterocycles. The number of ether oxygens (including phenoxy) is 1. The minimum Gasteiger partial charge on any atom is -0.481 e. The lowest BCUT2D eigenvalue weighted by Crippen LogP contribution is -2.00. The summed E-state index contributed by atoms with van der Waals surface area (Å²) in [6.45, 7) is 0. The molecule has 0 atom stereocenters. The molecular weight excluding hydrogens is 252 g/mol. The van der Waals surface area contributed by atoms with Gasteiger partial charge in [0.25, 0.3) is 15.5 Å². The summed E-state index contributed by atoms with van der Waals surface area (Å²) in [5.74, 6) is -0.230. The molecule has 84 valence electrons. The number of hydrogen-bond acceptors (Lipinski definition) is 4. The molecule has 0 saturated heterocycles. The molecule has 0 unspecified atom stereocenters. The van der Waals surface area contributed by atoms with E-state index in [4.69, 9.17) is 10.7 Å². The van der Waals surface area contributed by atoms with Crippen LogP contribution in [-0.4, -0.2) is 20.5 Å². The highest BCUT2D eigenvalue weighted by atomic mass is 35.7. The van der Waals surface area contributed by atoms with Crippen LogP contribution in [0, 0.1) is 0 Å². The van der Waals surface area contributed by atoms with E-state index in [-0.39, 0.29) is 5.88 Å². The maximum atomic E-state index is 12.3. The molecule has 0 aliphatic carbocycles. The van der Waals surface area contributed by atoms with E-state index in [0.717, 1.165) is 6.07 Å². The molecule has 0 spiro atoms. The Morgan fingerprint density at radius 3 is 2.47 bits per heavy atom. The van der Waals surface area contributed by atoms with Crippen LogP contribution in [0.3, 0.4) is 0 Å². The quantitative estimate of drug-likeness (QED) is 0.777. The molecule has 15 heavy (non-hydrogen) atoms. The molecule has 8 heteroatoms. The molecule has 0 N–H and O–H groups in total.